The van der Waals surface area contributed by atoms with Crippen LogP contribution in [-0.2, 0) is 17.9 Å². The lowest BCUT2D eigenvalue weighted by Gasteiger charge is -2.32. The van der Waals surface area contributed by atoms with Crippen LogP contribution in [0.1, 0.15) is 48.4 Å². The van der Waals surface area contributed by atoms with Crippen molar-refractivity contribution in [3.63, 3.8) is 0 Å². The summed E-state index contributed by atoms with van der Waals surface area (Å²) in [5.74, 6) is 0.0431. The lowest BCUT2D eigenvalue weighted by atomic mass is 9.89. The van der Waals surface area contributed by atoms with E-state index < -0.39 is 0 Å². The number of hydrogen-bond donors (Lipinski definition) is 1. The number of amides is 1. The summed E-state index contributed by atoms with van der Waals surface area (Å²) in [5, 5.41) is 5.00. The Hall–Kier alpha value is -2.12. The Balaban J connectivity index is 0.00000320. The van der Waals surface area contributed by atoms with Gasteiger partial charge in [-0.1, -0.05) is 35.9 Å². The average Bonchev–Trinajstić information content (AvgIpc) is 3.12. The standard InChI is InChI=1S/C29H36ClFN4O.ClH/c1-20-24(18-34-16-10-21(11-17-34)29-25(30)7-5-8-26(29)31)23-6-3-4-9-27(23)35(20)19-28(36)32-22-12-14-33(2)15-13-22;/h3-9,21-22H,10-19H2,1-2H3,(H,32,36);1H. The van der Waals surface area contributed by atoms with Gasteiger partial charge < -0.3 is 14.8 Å². The van der Waals surface area contributed by atoms with Crippen LogP contribution in [0.3, 0.4) is 0 Å². The van der Waals surface area contributed by atoms with E-state index >= 15 is 0 Å². The number of benzene rings is 2. The molecule has 0 unspecified atom stereocenters. The van der Waals surface area contributed by atoms with Gasteiger partial charge in [0.25, 0.3) is 0 Å². The first kappa shape index (κ1) is 27.9. The summed E-state index contributed by atoms with van der Waals surface area (Å²) < 4.78 is 16.6. The summed E-state index contributed by atoms with van der Waals surface area (Å²) >= 11 is 6.34. The van der Waals surface area contributed by atoms with E-state index in [2.05, 4.69) is 51.9 Å². The monoisotopic (exact) mass is 546 g/mol. The number of carbonyl (C=O) groups excluding carboxylic acids is 1. The molecule has 0 atom stereocenters. The highest BCUT2D eigenvalue weighted by Gasteiger charge is 2.26. The predicted molar refractivity (Wildman–Crippen MR) is 151 cm³/mol. The van der Waals surface area contributed by atoms with E-state index in [9.17, 15) is 9.18 Å². The number of likely N-dealkylation sites (tertiary alicyclic amines) is 2. The third-order valence-electron chi connectivity index (χ3n) is 8.12. The van der Waals surface area contributed by atoms with Crippen molar-refractivity contribution < 1.29 is 9.18 Å². The van der Waals surface area contributed by atoms with E-state index in [0.29, 0.717) is 17.1 Å². The Morgan fingerprint density at radius 1 is 1.03 bits per heavy atom. The van der Waals surface area contributed by atoms with E-state index in [0.717, 1.165) is 69.6 Å². The van der Waals surface area contributed by atoms with Crippen molar-refractivity contribution >= 4 is 40.8 Å². The molecule has 0 spiro atoms. The van der Waals surface area contributed by atoms with Gasteiger partial charge in [0, 0.05) is 39.8 Å². The van der Waals surface area contributed by atoms with Crippen LogP contribution < -0.4 is 5.32 Å². The van der Waals surface area contributed by atoms with E-state index in [1.165, 1.54) is 17.0 Å². The van der Waals surface area contributed by atoms with Crippen molar-refractivity contribution in [3.8, 4) is 0 Å². The van der Waals surface area contributed by atoms with Crippen molar-refractivity contribution in [1.29, 1.82) is 0 Å². The molecule has 0 bridgehead atoms. The summed E-state index contributed by atoms with van der Waals surface area (Å²) in [4.78, 5) is 17.7. The minimum Gasteiger partial charge on any atom is -0.352 e. The number of rotatable bonds is 6. The van der Waals surface area contributed by atoms with Crippen LogP contribution in [0.4, 0.5) is 4.39 Å². The zero-order chi connectivity index (χ0) is 25.2. The fraction of sp³-hybridized carbons (Fsp3) is 0.483. The van der Waals surface area contributed by atoms with Gasteiger partial charge in [0.15, 0.2) is 0 Å². The van der Waals surface area contributed by atoms with E-state index in [1.807, 2.05) is 6.07 Å². The first-order chi connectivity index (χ1) is 17.4. The van der Waals surface area contributed by atoms with Crippen LogP contribution in [-0.4, -0.2) is 59.5 Å². The van der Waals surface area contributed by atoms with Crippen molar-refractivity contribution in [2.75, 3.05) is 33.2 Å². The molecular weight excluding hydrogens is 510 g/mol. The maximum Gasteiger partial charge on any atom is 0.240 e. The molecule has 1 aromatic heterocycles. The highest BCUT2D eigenvalue weighted by molar-refractivity contribution is 6.31. The predicted octanol–water partition coefficient (Wildman–Crippen LogP) is 5.75. The molecule has 1 N–H and O–H groups in total. The second kappa shape index (κ2) is 12.2. The van der Waals surface area contributed by atoms with Gasteiger partial charge in [0.2, 0.25) is 5.91 Å². The summed E-state index contributed by atoms with van der Waals surface area (Å²) in [6, 6.07) is 13.6. The number of halogens is 3. The first-order valence-electron chi connectivity index (χ1n) is 13.1. The average molecular weight is 548 g/mol. The molecule has 8 heteroatoms. The molecule has 1 amide bonds. The summed E-state index contributed by atoms with van der Waals surface area (Å²) in [6.07, 6.45) is 3.79. The van der Waals surface area contributed by atoms with Crippen LogP contribution in [0, 0.1) is 12.7 Å². The molecule has 0 radical (unpaired) electrons. The molecule has 2 saturated heterocycles. The van der Waals surface area contributed by atoms with Gasteiger partial charge in [0.1, 0.15) is 12.4 Å². The summed E-state index contributed by atoms with van der Waals surface area (Å²) in [6.45, 7) is 7.14. The van der Waals surface area contributed by atoms with Crippen LogP contribution in [0.2, 0.25) is 5.02 Å². The number of para-hydroxylation sites is 1. The second-order valence-electron chi connectivity index (χ2n) is 10.5. The molecule has 3 heterocycles. The molecule has 0 aliphatic carbocycles. The maximum atomic E-state index is 14.4. The Morgan fingerprint density at radius 3 is 2.43 bits per heavy atom. The van der Waals surface area contributed by atoms with Gasteiger partial charge in [-0.15, -0.1) is 12.4 Å². The van der Waals surface area contributed by atoms with Gasteiger partial charge in [-0.3, -0.25) is 9.69 Å². The number of carbonyl (C=O) groups is 1. The minimum atomic E-state index is -0.196. The maximum absolute atomic E-state index is 14.4. The molecule has 5 rings (SSSR count). The number of piperidine rings is 2. The minimum absolute atomic E-state index is 0. The fourth-order valence-corrected chi connectivity index (χ4v) is 6.30. The molecule has 0 saturated carbocycles. The number of aromatic nitrogens is 1. The molecule has 2 aromatic carbocycles. The zero-order valence-electron chi connectivity index (χ0n) is 21.7. The zero-order valence-corrected chi connectivity index (χ0v) is 23.3. The normalized spacial score (nSPS) is 18.2. The Kier molecular flexibility index (Phi) is 9.17. The van der Waals surface area contributed by atoms with Crippen LogP contribution in [0.15, 0.2) is 42.5 Å². The molecule has 5 nitrogen and oxygen atoms in total. The van der Waals surface area contributed by atoms with E-state index in [4.69, 9.17) is 11.6 Å². The smallest absolute Gasteiger partial charge is 0.240 e. The van der Waals surface area contributed by atoms with Gasteiger partial charge in [-0.2, -0.15) is 0 Å². The number of hydrogen-bond acceptors (Lipinski definition) is 3. The SMILES string of the molecule is Cc1c(CN2CCC(c3c(F)cccc3Cl)CC2)c2ccccc2n1CC(=O)NC1CCN(C)CC1.Cl. The molecule has 200 valence electrons. The molecular formula is C29H37Cl2FN4O. The van der Waals surface area contributed by atoms with Gasteiger partial charge >= 0.3 is 0 Å². The van der Waals surface area contributed by atoms with E-state index in [1.54, 1.807) is 12.1 Å². The second-order valence-corrected chi connectivity index (χ2v) is 10.9. The van der Waals surface area contributed by atoms with Crippen molar-refractivity contribution in [3.05, 3.63) is 70.1 Å². The van der Waals surface area contributed by atoms with Crippen molar-refractivity contribution in [2.45, 2.75) is 57.7 Å². The molecule has 3 aromatic rings. The Morgan fingerprint density at radius 2 is 1.73 bits per heavy atom. The molecule has 37 heavy (non-hydrogen) atoms. The van der Waals surface area contributed by atoms with Crippen molar-refractivity contribution in [1.82, 2.24) is 19.7 Å². The van der Waals surface area contributed by atoms with Crippen LogP contribution >= 0.6 is 24.0 Å². The Labute approximate surface area is 230 Å². The molecule has 2 fully saturated rings. The van der Waals surface area contributed by atoms with Gasteiger partial charge in [0.05, 0.1) is 0 Å². The number of fused-ring (bicyclic) bond motifs is 1. The Bertz CT molecular complexity index is 1210. The van der Waals surface area contributed by atoms with Gasteiger partial charge in [-0.05, 0) is 95.5 Å². The topological polar surface area (TPSA) is 40.5 Å². The lowest BCUT2D eigenvalue weighted by molar-refractivity contribution is -0.122. The third-order valence-corrected chi connectivity index (χ3v) is 8.45. The highest BCUT2D eigenvalue weighted by atomic mass is 35.5. The summed E-state index contributed by atoms with van der Waals surface area (Å²) in [5.41, 5.74) is 4.20. The lowest BCUT2D eigenvalue weighted by Crippen LogP contribution is -2.44. The van der Waals surface area contributed by atoms with Crippen LogP contribution in [0.25, 0.3) is 10.9 Å². The van der Waals surface area contributed by atoms with Gasteiger partial charge in [-0.25, -0.2) is 4.39 Å². The number of nitrogens with one attached hydrogen (secondary N) is 1. The fourth-order valence-electron chi connectivity index (χ4n) is 5.98. The molecule has 2 aliphatic rings. The summed E-state index contributed by atoms with van der Waals surface area (Å²) in [7, 11) is 2.13. The quantitative estimate of drug-likeness (QED) is 0.427. The van der Waals surface area contributed by atoms with Crippen molar-refractivity contribution in [2.24, 2.45) is 0 Å². The first-order valence-corrected chi connectivity index (χ1v) is 13.5. The molecule has 2 aliphatic heterocycles. The van der Waals surface area contributed by atoms with Crippen LogP contribution in [0.5, 0.6) is 0 Å². The largest absolute Gasteiger partial charge is 0.352 e. The van der Waals surface area contributed by atoms with E-state index in [-0.39, 0.29) is 36.1 Å². The number of nitrogens with zero attached hydrogens (tertiary/aromatic N) is 3. The highest BCUT2D eigenvalue weighted by Crippen LogP contribution is 2.36. The third kappa shape index (κ3) is 6.14.